The lowest BCUT2D eigenvalue weighted by atomic mass is 9.75. The SMILES string of the molecule is CC(C)C12CC(OCc3c(Cl)cccc3Cl)C(C)(CC1Cl)O2. The molecule has 0 aromatic heterocycles. The molecule has 5 heteroatoms. The van der Waals surface area contributed by atoms with Gasteiger partial charge in [0.25, 0.3) is 0 Å². The largest absolute Gasteiger partial charge is 0.370 e. The fraction of sp³-hybridized carbons (Fsp3) is 0.647. The van der Waals surface area contributed by atoms with Gasteiger partial charge < -0.3 is 9.47 Å². The summed E-state index contributed by atoms with van der Waals surface area (Å²) in [5.74, 6) is 0.356. The molecular formula is C17H21Cl3O2. The molecule has 122 valence electrons. The van der Waals surface area contributed by atoms with E-state index in [1.165, 1.54) is 0 Å². The molecule has 0 N–H and O–H groups in total. The van der Waals surface area contributed by atoms with Crippen LogP contribution in [0.4, 0.5) is 0 Å². The van der Waals surface area contributed by atoms with Crippen molar-refractivity contribution in [3.05, 3.63) is 33.8 Å². The standard InChI is InChI=1S/C17H21Cl3O2/c1-10(2)17-8-15(16(3,22-17)7-14(17)20)21-9-11-12(18)5-4-6-13(11)19/h4-6,10,14-15H,7-9H2,1-3H3. The molecule has 1 aromatic carbocycles. The monoisotopic (exact) mass is 362 g/mol. The van der Waals surface area contributed by atoms with E-state index in [-0.39, 0.29) is 22.7 Å². The Morgan fingerprint density at radius 3 is 2.45 bits per heavy atom. The van der Waals surface area contributed by atoms with Gasteiger partial charge in [-0.3, -0.25) is 0 Å². The van der Waals surface area contributed by atoms with Crippen LogP contribution in [0.2, 0.25) is 10.0 Å². The van der Waals surface area contributed by atoms with E-state index >= 15 is 0 Å². The highest BCUT2D eigenvalue weighted by Gasteiger charge is 2.65. The van der Waals surface area contributed by atoms with Gasteiger partial charge in [0.05, 0.1) is 29.3 Å². The highest BCUT2D eigenvalue weighted by atomic mass is 35.5. The Labute approximate surface area is 147 Å². The Morgan fingerprint density at radius 2 is 1.91 bits per heavy atom. The summed E-state index contributed by atoms with van der Waals surface area (Å²) >= 11 is 19.0. The number of halogens is 3. The summed E-state index contributed by atoms with van der Waals surface area (Å²) in [5, 5.41) is 1.31. The smallest absolute Gasteiger partial charge is 0.0939 e. The third-order valence-electron chi connectivity index (χ3n) is 5.19. The third-order valence-corrected chi connectivity index (χ3v) is 6.42. The first-order valence-corrected chi connectivity index (χ1v) is 8.86. The third kappa shape index (κ3) is 2.57. The van der Waals surface area contributed by atoms with Gasteiger partial charge in [0.2, 0.25) is 0 Å². The van der Waals surface area contributed by atoms with E-state index in [1.807, 2.05) is 18.2 Å². The molecule has 4 unspecified atom stereocenters. The van der Waals surface area contributed by atoms with Gasteiger partial charge in [0, 0.05) is 22.0 Å². The highest BCUT2D eigenvalue weighted by molar-refractivity contribution is 6.35. The Hall–Kier alpha value is 0.01000. The maximum absolute atomic E-state index is 6.56. The van der Waals surface area contributed by atoms with Gasteiger partial charge in [-0.2, -0.15) is 0 Å². The van der Waals surface area contributed by atoms with Crippen LogP contribution in [0.5, 0.6) is 0 Å². The summed E-state index contributed by atoms with van der Waals surface area (Å²) in [5.41, 5.74) is 0.216. The number of hydrogen-bond donors (Lipinski definition) is 0. The second-order valence-electron chi connectivity index (χ2n) is 6.90. The van der Waals surface area contributed by atoms with E-state index in [0.717, 1.165) is 18.4 Å². The zero-order valence-electron chi connectivity index (χ0n) is 13.0. The Morgan fingerprint density at radius 1 is 1.27 bits per heavy atom. The van der Waals surface area contributed by atoms with Crippen molar-refractivity contribution in [2.75, 3.05) is 0 Å². The minimum atomic E-state index is -0.329. The molecule has 0 spiro atoms. The average Bonchev–Trinajstić information content (AvgIpc) is 2.86. The minimum absolute atomic E-state index is 0.0113. The van der Waals surface area contributed by atoms with Crippen molar-refractivity contribution >= 4 is 34.8 Å². The molecule has 4 atom stereocenters. The quantitative estimate of drug-likeness (QED) is 0.661. The summed E-state index contributed by atoms with van der Waals surface area (Å²) in [6, 6.07) is 5.49. The number of alkyl halides is 1. The number of ether oxygens (including phenoxy) is 2. The van der Waals surface area contributed by atoms with Crippen molar-refractivity contribution in [3.63, 3.8) is 0 Å². The maximum atomic E-state index is 6.56. The predicted octanol–water partition coefficient (Wildman–Crippen LogP) is 5.46. The first-order chi connectivity index (χ1) is 10.3. The number of benzene rings is 1. The van der Waals surface area contributed by atoms with Crippen LogP contribution in [-0.4, -0.2) is 22.7 Å². The molecule has 22 heavy (non-hydrogen) atoms. The second kappa shape index (κ2) is 5.82. The van der Waals surface area contributed by atoms with Crippen LogP contribution >= 0.6 is 34.8 Å². The lowest BCUT2D eigenvalue weighted by molar-refractivity contribution is -0.0957. The molecule has 2 fully saturated rings. The van der Waals surface area contributed by atoms with E-state index in [2.05, 4.69) is 20.8 Å². The van der Waals surface area contributed by atoms with Crippen molar-refractivity contribution in [1.82, 2.24) is 0 Å². The van der Waals surface area contributed by atoms with Crippen molar-refractivity contribution in [2.24, 2.45) is 5.92 Å². The van der Waals surface area contributed by atoms with E-state index < -0.39 is 0 Å². The lowest BCUT2D eigenvalue weighted by Crippen LogP contribution is -2.45. The molecule has 0 aliphatic carbocycles. The Kier molecular flexibility index (Phi) is 4.46. The lowest BCUT2D eigenvalue weighted by Gasteiger charge is -2.35. The maximum Gasteiger partial charge on any atom is 0.0939 e. The van der Waals surface area contributed by atoms with Crippen LogP contribution in [0.25, 0.3) is 0 Å². The van der Waals surface area contributed by atoms with Crippen molar-refractivity contribution in [1.29, 1.82) is 0 Å². The summed E-state index contributed by atoms with van der Waals surface area (Å²) in [4.78, 5) is 0. The molecule has 2 bridgehead atoms. The molecule has 2 nitrogen and oxygen atoms in total. The molecule has 3 rings (SSSR count). The summed E-state index contributed by atoms with van der Waals surface area (Å²) < 4.78 is 12.5. The minimum Gasteiger partial charge on any atom is -0.370 e. The van der Waals surface area contributed by atoms with Crippen LogP contribution in [0.15, 0.2) is 18.2 Å². The molecule has 0 amide bonds. The van der Waals surface area contributed by atoms with Crippen LogP contribution in [0.3, 0.4) is 0 Å². The zero-order chi connectivity index (χ0) is 16.1. The fourth-order valence-electron chi connectivity index (χ4n) is 3.75. The van der Waals surface area contributed by atoms with E-state index in [4.69, 9.17) is 44.3 Å². The van der Waals surface area contributed by atoms with Gasteiger partial charge in [0.1, 0.15) is 0 Å². The summed E-state index contributed by atoms with van der Waals surface area (Å²) in [6.07, 6.45) is 1.64. The fourth-order valence-corrected chi connectivity index (χ4v) is 4.94. The molecule has 0 saturated carbocycles. The van der Waals surface area contributed by atoms with Crippen molar-refractivity contribution in [2.45, 2.75) is 62.9 Å². The van der Waals surface area contributed by atoms with Gasteiger partial charge in [-0.05, 0) is 31.4 Å². The topological polar surface area (TPSA) is 18.5 Å². The number of rotatable bonds is 4. The first kappa shape index (κ1) is 16.9. The predicted molar refractivity (Wildman–Crippen MR) is 91.0 cm³/mol. The second-order valence-corrected chi connectivity index (χ2v) is 8.24. The molecule has 0 radical (unpaired) electrons. The van der Waals surface area contributed by atoms with Gasteiger partial charge in [-0.15, -0.1) is 11.6 Å². The molecule has 1 aromatic rings. The molecule has 2 aliphatic rings. The molecule has 2 heterocycles. The first-order valence-electron chi connectivity index (χ1n) is 7.67. The van der Waals surface area contributed by atoms with Gasteiger partial charge >= 0.3 is 0 Å². The molecule has 2 aliphatic heterocycles. The molecular weight excluding hydrogens is 343 g/mol. The van der Waals surface area contributed by atoms with Gasteiger partial charge in [0.15, 0.2) is 0 Å². The van der Waals surface area contributed by atoms with E-state index in [9.17, 15) is 0 Å². The van der Waals surface area contributed by atoms with Crippen LogP contribution in [0.1, 0.15) is 39.2 Å². The van der Waals surface area contributed by atoms with Crippen LogP contribution in [0, 0.1) is 5.92 Å². The Balaban J connectivity index is 1.75. The Bertz CT molecular complexity index is 557. The van der Waals surface area contributed by atoms with Gasteiger partial charge in [-0.1, -0.05) is 43.1 Å². The van der Waals surface area contributed by atoms with Gasteiger partial charge in [-0.25, -0.2) is 0 Å². The van der Waals surface area contributed by atoms with Crippen LogP contribution < -0.4 is 0 Å². The number of fused-ring (bicyclic) bond motifs is 2. The summed E-state index contributed by atoms with van der Waals surface area (Å²) in [7, 11) is 0. The summed E-state index contributed by atoms with van der Waals surface area (Å²) in [6.45, 7) is 6.81. The normalized spacial score (nSPS) is 37.2. The van der Waals surface area contributed by atoms with Crippen LogP contribution in [-0.2, 0) is 16.1 Å². The highest BCUT2D eigenvalue weighted by Crippen LogP contribution is 2.57. The van der Waals surface area contributed by atoms with E-state index in [0.29, 0.717) is 22.6 Å². The van der Waals surface area contributed by atoms with E-state index in [1.54, 1.807) is 0 Å². The number of hydrogen-bond acceptors (Lipinski definition) is 2. The van der Waals surface area contributed by atoms with Crippen molar-refractivity contribution in [3.8, 4) is 0 Å². The zero-order valence-corrected chi connectivity index (χ0v) is 15.3. The van der Waals surface area contributed by atoms with Crippen molar-refractivity contribution < 1.29 is 9.47 Å². The molecule has 2 saturated heterocycles. The average molecular weight is 364 g/mol.